The molecule has 0 aromatic heterocycles. The third kappa shape index (κ3) is 4.47. The summed E-state index contributed by atoms with van der Waals surface area (Å²) in [6, 6.07) is 7.62. The highest BCUT2D eigenvalue weighted by Gasteiger charge is 2.38. The summed E-state index contributed by atoms with van der Waals surface area (Å²) in [6.07, 6.45) is 5.72. The Morgan fingerprint density at radius 1 is 1.17 bits per heavy atom. The molecule has 4 heteroatoms. The predicted molar refractivity (Wildman–Crippen MR) is 92.7 cm³/mol. The van der Waals surface area contributed by atoms with E-state index in [0.29, 0.717) is 6.42 Å². The molecule has 0 radical (unpaired) electrons. The molecule has 4 nitrogen and oxygen atoms in total. The molecule has 1 aromatic carbocycles. The highest BCUT2D eigenvalue weighted by molar-refractivity contribution is 5.90. The minimum absolute atomic E-state index is 0.0361. The fraction of sp³-hybridized carbons (Fsp3) is 0.632. The molecule has 2 atom stereocenters. The van der Waals surface area contributed by atoms with Crippen LogP contribution in [0.5, 0.6) is 5.75 Å². The number of anilines is 1. The zero-order valence-corrected chi connectivity index (χ0v) is 14.1. The van der Waals surface area contributed by atoms with Gasteiger partial charge in [0.15, 0.2) is 0 Å². The van der Waals surface area contributed by atoms with Gasteiger partial charge in [-0.25, -0.2) is 0 Å². The molecule has 0 spiro atoms. The maximum absolute atomic E-state index is 11.3. The summed E-state index contributed by atoms with van der Waals surface area (Å²) in [4.78, 5) is 13.9. The molecule has 3 rings (SSSR count). The van der Waals surface area contributed by atoms with E-state index in [2.05, 4.69) is 10.2 Å². The number of amides is 1. The van der Waals surface area contributed by atoms with Crippen molar-refractivity contribution < 1.29 is 9.53 Å². The van der Waals surface area contributed by atoms with Crippen LogP contribution in [0, 0.1) is 11.8 Å². The molecule has 2 fully saturated rings. The van der Waals surface area contributed by atoms with Gasteiger partial charge in [-0.15, -0.1) is 0 Å². The van der Waals surface area contributed by atoms with E-state index in [-0.39, 0.29) is 5.91 Å². The number of nitrogens with zero attached hydrogens (tertiary/aromatic N) is 1. The lowest BCUT2D eigenvalue weighted by Gasteiger charge is -2.28. The number of unbranched alkanes of at least 4 members (excludes halogenated alkanes) is 1. The van der Waals surface area contributed by atoms with Crippen molar-refractivity contribution in [3.8, 4) is 5.75 Å². The number of nitrogens with one attached hydrogen (secondary N) is 1. The monoisotopic (exact) mass is 316 g/mol. The summed E-state index contributed by atoms with van der Waals surface area (Å²) >= 11 is 0. The van der Waals surface area contributed by atoms with E-state index in [1.807, 2.05) is 31.2 Å². The summed E-state index contributed by atoms with van der Waals surface area (Å²) in [5.41, 5.74) is 0.827. The maximum Gasteiger partial charge on any atom is 0.224 e. The van der Waals surface area contributed by atoms with Gasteiger partial charge in [-0.3, -0.25) is 4.79 Å². The van der Waals surface area contributed by atoms with Gasteiger partial charge in [0.05, 0.1) is 6.61 Å². The Balaban J connectivity index is 1.29. The van der Waals surface area contributed by atoms with Gasteiger partial charge in [0.25, 0.3) is 0 Å². The summed E-state index contributed by atoms with van der Waals surface area (Å²) in [5, 5.41) is 2.84. The topological polar surface area (TPSA) is 41.6 Å². The zero-order valence-electron chi connectivity index (χ0n) is 14.1. The zero-order chi connectivity index (χ0) is 16.1. The number of hydrogen-bond donors (Lipinski definition) is 1. The van der Waals surface area contributed by atoms with Gasteiger partial charge in [0.1, 0.15) is 5.75 Å². The number of rotatable bonds is 8. The predicted octanol–water partition coefficient (Wildman–Crippen LogP) is 3.54. The van der Waals surface area contributed by atoms with Crippen LogP contribution in [0.3, 0.4) is 0 Å². The van der Waals surface area contributed by atoms with Gasteiger partial charge < -0.3 is 15.0 Å². The lowest BCUT2D eigenvalue weighted by atomic mass is 9.77. The van der Waals surface area contributed by atoms with E-state index >= 15 is 0 Å². The number of likely N-dealkylation sites (tertiary alicyclic amines) is 1. The van der Waals surface area contributed by atoms with Crippen LogP contribution in [-0.4, -0.2) is 37.0 Å². The Morgan fingerprint density at radius 2 is 1.87 bits per heavy atom. The summed E-state index contributed by atoms with van der Waals surface area (Å²) < 4.78 is 5.78. The largest absolute Gasteiger partial charge is 0.494 e. The number of fused-ring (bicyclic) bond motifs is 1. The Labute approximate surface area is 139 Å². The minimum atomic E-state index is 0.0361. The van der Waals surface area contributed by atoms with Crippen LogP contribution in [0.4, 0.5) is 5.69 Å². The normalized spacial score (nSPS) is 23.2. The molecule has 126 valence electrons. The molecule has 0 bridgehead atoms. The van der Waals surface area contributed by atoms with Crippen molar-refractivity contribution in [3.63, 3.8) is 0 Å². The Hall–Kier alpha value is -1.55. The van der Waals surface area contributed by atoms with Gasteiger partial charge >= 0.3 is 0 Å². The molecule has 1 saturated heterocycles. The lowest BCUT2D eigenvalue weighted by Crippen LogP contribution is -2.22. The standard InChI is InChI=1S/C19H28N2O2/c1-2-19(22)20-17-7-9-18(10-8-17)23-12-4-3-11-21-13-15-5-6-16(15)14-21/h7-10,15-16H,2-6,11-14H2,1H3,(H,20,22). The summed E-state index contributed by atoms with van der Waals surface area (Å²) in [5.74, 6) is 2.93. The first kappa shape index (κ1) is 16.3. The third-order valence-electron chi connectivity index (χ3n) is 5.16. The molecule has 1 aliphatic heterocycles. The molecular weight excluding hydrogens is 288 g/mol. The van der Waals surface area contributed by atoms with Crippen molar-refractivity contribution in [1.82, 2.24) is 4.90 Å². The van der Waals surface area contributed by atoms with E-state index in [1.165, 1.54) is 38.9 Å². The maximum atomic E-state index is 11.3. The van der Waals surface area contributed by atoms with E-state index < -0.39 is 0 Å². The molecule has 1 aliphatic carbocycles. The Kier molecular flexibility index (Phi) is 5.55. The first-order chi connectivity index (χ1) is 11.2. The molecule has 23 heavy (non-hydrogen) atoms. The quantitative estimate of drug-likeness (QED) is 0.746. The second kappa shape index (κ2) is 7.82. The van der Waals surface area contributed by atoms with Crippen LogP contribution in [0.15, 0.2) is 24.3 Å². The van der Waals surface area contributed by atoms with Gasteiger partial charge in [-0.2, -0.15) is 0 Å². The number of hydrogen-bond acceptors (Lipinski definition) is 3. The highest BCUT2D eigenvalue weighted by atomic mass is 16.5. The second-order valence-electron chi connectivity index (χ2n) is 6.84. The van der Waals surface area contributed by atoms with Gasteiger partial charge in [-0.1, -0.05) is 6.92 Å². The number of benzene rings is 1. The van der Waals surface area contributed by atoms with E-state index in [9.17, 15) is 4.79 Å². The summed E-state index contributed by atoms with van der Waals surface area (Å²) in [7, 11) is 0. The highest BCUT2D eigenvalue weighted by Crippen LogP contribution is 2.40. The molecule has 1 N–H and O–H groups in total. The Bertz CT molecular complexity index is 503. The van der Waals surface area contributed by atoms with Gasteiger partial charge in [0, 0.05) is 25.2 Å². The van der Waals surface area contributed by atoms with Crippen LogP contribution >= 0.6 is 0 Å². The third-order valence-corrected chi connectivity index (χ3v) is 5.16. The van der Waals surface area contributed by atoms with Crippen LogP contribution < -0.4 is 10.1 Å². The van der Waals surface area contributed by atoms with Crippen molar-refractivity contribution in [2.24, 2.45) is 11.8 Å². The van der Waals surface area contributed by atoms with Crippen LogP contribution in [-0.2, 0) is 4.79 Å². The van der Waals surface area contributed by atoms with Crippen molar-refractivity contribution in [2.45, 2.75) is 39.0 Å². The average molecular weight is 316 g/mol. The lowest BCUT2D eigenvalue weighted by molar-refractivity contribution is -0.115. The molecule has 2 aliphatic rings. The van der Waals surface area contributed by atoms with Crippen molar-refractivity contribution in [1.29, 1.82) is 0 Å². The fourth-order valence-corrected chi connectivity index (χ4v) is 3.55. The SMILES string of the molecule is CCC(=O)Nc1ccc(OCCCCN2CC3CCC3C2)cc1. The van der Waals surface area contributed by atoms with Crippen LogP contribution in [0.1, 0.15) is 39.0 Å². The number of ether oxygens (including phenoxy) is 1. The Morgan fingerprint density at radius 3 is 2.48 bits per heavy atom. The number of carbonyl (C=O) groups excluding carboxylic acids is 1. The van der Waals surface area contributed by atoms with E-state index in [4.69, 9.17) is 4.74 Å². The molecule has 1 amide bonds. The number of carbonyl (C=O) groups is 1. The molecule has 2 unspecified atom stereocenters. The second-order valence-corrected chi connectivity index (χ2v) is 6.84. The first-order valence-corrected chi connectivity index (χ1v) is 8.99. The van der Waals surface area contributed by atoms with Crippen molar-refractivity contribution in [2.75, 3.05) is 31.6 Å². The van der Waals surface area contributed by atoms with E-state index in [1.54, 1.807) is 0 Å². The molecule has 1 heterocycles. The first-order valence-electron chi connectivity index (χ1n) is 8.99. The molecule has 1 aromatic rings. The molecular formula is C19H28N2O2. The summed E-state index contributed by atoms with van der Waals surface area (Å²) in [6.45, 7) is 6.49. The fourth-order valence-electron chi connectivity index (χ4n) is 3.55. The van der Waals surface area contributed by atoms with Crippen molar-refractivity contribution >= 4 is 11.6 Å². The van der Waals surface area contributed by atoms with Crippen LogP contribution in [0.25, 0.3) is 0 Å². The van der Waals surface area contributed by atoms with Gasteiger partial charge in [0.2, 0.25) is 5.91 Å². The average Bonchev–Trinajstić information content (AvgIpc) is 2.83. The minimum Gasteiger partial charge on any atom is -0.494 e. The van der Waals surface area contributed by atoms with Crippen LogP contribution in [0.2, 0.25) is 0 Å². The molecule has 1 saturated carbocycles. The van der Waals surface area contributed by atoms with E-state index in [0.717, 1.165) is 36.3 Å². The van der Waals surface area contributed by atoms with Gasteiger partial charge in [-0.05, 0) is 68.3 Å². The smallest absolute Gasteiger partial charge is 0.224 e. The van der Waals surface area contributed by atoms with Crippen molar-refractivity contribution in [3.05, 3.63) is 24.3 Å².